The number of ether oxygens (including phenoxy) is 2. The maximum Gasteiger partial charge on any atom is 0.147 e. The van der Waals surface area contributed by atoms with Crippen molar-refractivity contribution in [2.75, 3.05) is 6.79 Å². The third-order valence-electron chi connectivity index (χ3n) is 2.75. The van der Waals surface area contributed by atoms with Gasteiger partial charge in [0.2, 0.25) is 0 Å². The van der Waals surface area contributed by atoms with Crippen LogP contribution in [0.3, 0.4) is 0 Å². The van der Waals surface area contributed by atoms with Crippen molar-refractivity contribution in [3.05, 3.63) is 35.4 Å². The van der Waals surface area contributed by atoms with Gasteiger partial charge in [0.15, 0.2) is 0 Å². The van der Waals surface area contributed by atoms with Crippen LogP contribution in [0, 0.1) is 13.8 Å². The molecule has 0 spiro atoms. The van der Waals surface area contributed by atoms with Crippen LogP contribution in [0.1, 0.15) is 32.4 Å². The molecular formula is C14H24O2. The van der Waals surface area contributed by atoms with Gasteiger partial charge in [-0.25, -0.2) is 0 Å². The van der Waals surface area contributed by atoms with Crippen LogP contribution in [-0.2, 0) is 9.47 Å². The topological polar surface area (TPSA) is 18.5 Å². The van der Waals surface area contributed by atoms with Gasteiger partial charge in [0.05, 0.1) is 12.2 Å². The zero-order chi connectivity index (χ0) is 11.3. The first kappa shape index (κ1) is 15.1. The fraction of sp³-hybridized carbons (Fsp3) is 0.571. The molecule has 0 bridgehead atoms. The Balaban J connectivity index is 0.000000267. The highest BCUT2D eigenvalue weighted by atomic mass is 16.7. The van der Waals surface area contributed by atoms with Gasteiger partial charge in [0.25, 0.3) is 0 Å². The van der Waals surface area contributed by atoms with Gasteiger partial charge in [-0.1, -0.05) is 31.7 Å². The fourth-order valence-electron chi connectivity index (χ4n) is 1.19. The van der Waals surface area contributed by atoms with E-state index in [0.717, 1.165) is 0 Å². The Bertz CT molecular complexity index is 268. The Hall–Kier alpha value is -0.860. The van der Waals surface area contributed by atoms with Crippen LogP contribution in [-0.4, -0.2) is 19.0 Å². The predicted molar refractivity (Wildman–Crippen MR) is 68.6 cm³/mol. The number of aryl methyl sites for hydroxylation is 2. The van der Waals surface area contributed by atoms with Crippen LogP contribution in [0.5, 0.6) is 0 Å². The molecule has 92 valence electrons. The normalized spacial score (nSPS) is 23.0. The molecule has 0 saturated carbocycles. The molecule has 2 atom stereocenters. The molecule has 2 nitrogen and oxygen atoms in total. The third-order valence-corrected chi connectivity index (χ3v) is 2.75. The first-order chi connectivity index (χ1) is 7.11. The van der Waals surface area contributed by atoms with Gasteiger partial charge in [-0.3, -0.25) is 0 Å². The van der Waals surface area contributed by atoms with E-state index in [0.29, 0.717) is 19.0 Å². The van der Waals surface area contributed by atoms with Gasteiger partial charge in [-0.2, -0.15) is 0 Å². The zero-order valence-corrected chi connectivity index (χ0v) is 9.99. The molecule has 2 unspecified atom stereocenters. The fourth-order valence-corrected chi connectivity index (χ4v) is 1.19. The van der Waals surface area contributed by atoms with Crippen LogP contribution in [0.25, 0.3) is 0 Å². The second-order valence-corrected chi connectivity index (χ2v) is 3.95. The Morgan fingerprint density at radius 1 is 0.938 bits per heavy atom. The van der Waals surface area contributed by atoms with Crippen molar-refractivity contribution in [1.29, 1.82) is 0 Å². The molecule has 1 saturated heterocycles. The minimum absolute atomic E-state index is 0. The minimum Gasteiger partial charge on any atom is -0.350 e. The van der Waals surface area contributed by atoms with Gasteiger partial charge in [-0.05, 0) is 38.8 Å². The maximum atomic E-state index is 5.04. The van der Waals surface area contributed by atoms with E-state index in [1.54, 1.807) is 0 Å². The molecule has 1 aliphatic heterocycles. The quantitative estimate of drug-likeness (QED) is 0.669. The average Bonchev–Trinajstić information content (AvgIpc) is 2.57. The summed E-state index contributed by atoms with van der Waals surface area (Å²) in [5, 5.41) is 0. The molecule has 1 aliphatic rings. The average molecular weight is 224 g/mol. The molecule has 0 radical (unpaired) electrons. The lowest BCUT2D eigenvalue weighted by molar-refractivity contribution is 0.0432. The first-order valence-electron chi connectivity index (χ1n) is 5.36. The predicted octanol–water partition coefficient (Wildman–Crippen LogP) is 3.71. The van der Waals surface area contributed by atoms with Crippen LogP contribution < -0.4 is 0 Å². The van der Waals surface area contributed by atoms with Crippen LogP contribution in [0.15, 0.2) is 24.3 Å². The summed E-state index contributed by atoms with van der Waals surface area (Å²) >= 11 is 0. The summed E-state index contributed by atoms with van der Waals surface area (Å²) in [6.07, 6.45) is 0.583. The third kappa shape index (κ3) is 4.77. The molecule has 16 heavy (non-hydrogen) atoms. The molecule has 1 aromatic carbocycles. The molecule has 2 rings (SSSR count). The molecule has 0 aromatic heterocycles. The molecule has 1 aromatic rings. The van der Waals surface area contributed by atoms with Gasteiger partial charge in [0.1, 0.15) is 6.79 Å². The van der Waals surface area contributed by atoms with Gasteiger partial charge in [-0.15, -0.1) is 0 Å². The number of hydrogen-bond acceptors (Lipinski definition) is 2. The molecule has 0 amide bonds. The van der Waals surface area contributed by atoms with E-state index >= 15 is 0 Å². The smallest absolute Gasteiger partial charge is 0.147 e. The van der Waals surface area contributed by atoms with Crippen molar-refractivity contribution in [2.24, 2.45) is 0 Å². The van der Waals surface area contributed by atoms with Crippen molar-refractivity contribution in [1.82, 2.24) is 0 Å². The van der Waals surface area contributed by atoms with Crippen molar-refractivity contribution < 1.29 is 9.47 Å². The summed E-state index contributed by atoms with van der Waals surface area (Å²) in [7, 11) is 0. The van der Waals surface area contributed by atoms with E-state index < -0.39 is 0 Å². The van der Waals surface area contributed by atoms with E-state index in [2.05, 4.69) is 38.1 Å². The van der Waals surface area contributed by atoms with E-state index in [1.165, 1.54) is 11.1 Å². The SMILES string of the molecule is C.CC1OCOC1C.Cc1ccccc1C. The first-order valence-corrected chi connectivity index (χ1v) is 5.36. The van der Waals surface area contributed by atoms with Crippen LogP contribution in [0.2, 0.25) is 0 Å². The Labute approximate surface area is 99.6 Å². The van der Waals surface area contributed by atoms with Crippen molar-refractivity contribution >= 4 is 0 Å². The van der Waals surface area contributed by atoms with E-state index in [1.807, 2.05) is 13.8 Å². The summed E-state index contributed by atoms with van der Waals surface area (Å²) in [5.41, 5.74) is 2.74. The Kier molecular flexibility index (Phi) is 7.02. The lowest BCUT2D eigenvalue weighted by Gasteiger charge is -2.02. The van der Waals surface area contributed by atoms with Crippen molar-refractivity contribution in [2.45, 2.75) is 47.3 Å². The maximum absolute atomic E-state index is 5.04. The summed E-state index contributed by atoms with van der Waals surface area (Å²) < 4.78 is 10.1. The molecular weight excluding hydrogens is 200 g/mol. The van der Waals surface area contributed by atoms with E-state index in [9.17, 15) is 0 Å². The Morgan fingerprint density at radius 3 is 1.50 bits per heavy atom. The van der Waals surface area contributed by atoms with Crippen molar-refractivity contribution in [3.8, 4) is 0 Å². The molecule has 1 heterocycles. The monoisotopic (exact) mass is 224 g/mol. The molecule has 2 heteroatoms. The summed E-state index contributed by atoms with van der Waals surface area (Å²) in [6.45, 7) is 8.74. The lowest BCUT2D eigenvalue weighted by atomic mass is 10.1. The molecule has 0 aliphatic carbocycles. The number of rotatable bonds is 0. The number of benzene rings is 1. The highest BCUT2D eigenvalue weighted by Crippen LogP contribution is 2.09. The lowest BCUT2D eigenvalue weighted by Crippen LogP contribution is -2.13. The van der Waals surface area contributed by atoms with E-state index in [4.69, 9.17) is 9.47 Å². The van der Waals surface area contributed by atoms with Crippen LogP contribution in [0.4, 0.5) is 0 Å². The highest BCUT2D eigenvalue weighted by molar-refractivity contribution is 5.23. The second kappa shape index (κ2) is 7.42. The summed E-state index contributed by atoms with van der Waals surface area (Å²) in [6, 6.07) is 8.36. The minimum atomic E-state index is 0. The molecule has 1 fully saturated rings. The standard InChI is InChI=1S/C8H10.C5H10O2.CH4/c1-7-5-3-4-6-8(7)2;1-4-5(2)7-3-6-4;/h3-6H,1-2H3;4-5H,3H2,1-2H3;1H4. The molecule has 0 N–H and O–H groups in total. The summed E-state index contributed by atoms with van der Waals surface area (Å²) in [4.78, 5) is 0. The van der Waals surface area contributed by atoms with Crippen LogP contribution >= 0.6 is 0 Å². The Morgan fingerprint density at radius 2 is 1.31 bits per heavy atom. The van der Waals surface area contributed by atoms with Gasteiger partial charge in [0, 0.05) is 0 Å². The number of hydrogen-bond donors (Lipinski definition) is 0. The largest absolute Gasteiger partial charge is 0.350 e. The highest BCUT2D eigenvalue weighted by Gasteiger charge is 2.18. The second-order valence-electron chi connectivity index (χ2n) is 3.95. The zero-order valence-electron chi connectivity index (χ0n) is 9.99. The van der Waals surface area contributed by atoms with Gasteiger partial charge >= 0.3 is 0 Å². The van der Waals surface area contributed by atoms with Crippen molar-refractivity contribution in [3.63, 3.8) is 0 Å². The summed E-state index contributed by atoms with van der Waals surface area (Å²) in [5.74, 6) is 0. The van der Waals surface area contributed by atoms with Gasteiger partial charge < -0.3 is 9.47 Å². The van der Waals surface area contributed by atoms with E-state index in [-0.39, 0.29) is 7.43 Å².